The monoisotopic (exact) mass is 430 g/mol. The molecule has 0 radical (unpaired) electrons. The van der Waals surface area contributed by atoms with Gasteiger partial charge in [0.15, 0.2) is 0 Å². The molecule has 0 aromatic carbocycles. The summed E-state index contributed by atoms with van der Waals surface area (Å²) in [5.41, 5.74) is 0.646. The molecule has 4 rings (SSSR count). The van der Waals surface area contributed by atoms with Crippen molar-refractivity contribution in [3.63, 3.8) is 0 Å². The van der Waals surface area contributed by atoms with Crippen LogP contribution in [0.3, 0.4) is 0 Å². The third-order valence-electron chi connectivity index (χ3n) is 6.82. The summed E-state index contributed by atoms with van der Waals surface area (Å²) in [4.78, 5) is 49.0. The maximum Gasteiger partial charge on any atom is 0.251 e. The van der Waals surface area contributed by atoms with E-state index in [1.165, 1.54) is 0 Å². The molecule has 0 saturated carbocycles. The zero-order valence-corrected chi connectivity index (χ0v) is 18.6. The Morgan fingerprint density at radius 1 is 1.06 bits per heavy atom. The van der Waals surface area contributed by atoms with E-state index in [2.05, 4.69) is 4.98 Å². The van der Waals surface area contributed by atoms with Crippen molar-refractivity contribution in [1.29, 1.82) is 0 Å². The molecule has 3 saturated heterocycles. The summed E-state index contributed by atoms with van der Waals surface area (Å²) in [5.74, 6) is 1.22. The molecule has 0 unspecified atom stereocenters. The van der Waals surface area contributed by atoms with Crippen molar-refractivity contribution in [3.8, 4) is 0 Å². The quantitative estimate of drug-likeness (QED) is 0.788. The van der Waals surface area contributed by atoms with Crippen molar-refractivity contribution in [2.24, 2.45) is 5.92 Å². The number of nitrogens with zero attached hydrogens (tertiary/aromatic N) is 3. The third-order valence-corrected chi connectivity index (χ3v) is 6.82. The van der Waals surface area contributed by atoms with Gasteiger partial charge >= 0.3 is 0 Å². The van der Waals surface area contributed by atoms with Crippen LogP contribution in [0.4, 0.5) is 0 Å². The lowest BCUT2D eigenvalue weighted by atomic mass is 9.92. The van der Waals surface area contributed by atoms with Gasteiger partial charge in [0.2, 0.25) is 5.91 Å². The second-order valence-corrected chi connectivity index (χ2v) is 9.43. The average molecular weight is 431 g/mol. The van der Waals surface area contributed by atoms with Crippen LogP contribution in [0, 0.1) is 5.92 Å². The van der Waals surface area contributed by atoms with E-state index in [9.17, 15) is 14.4 Å². The topological polar surface area (TPSA) is 95.6 Å². The lowest BCUT2D eigenvalue weighted by Gasteiger charge is -2.34. The normalized spacial score (nSPS) is 25.3. The van der Waals surface area contributed by atoms with Crippen molar-refractivity contribution in [1.82, 2.24) is 19.8 Å². The molecule has 8 heteroatoms. The number of likely N-dealkylation sites (tertiary alicyclic amines) is 2. The van der Waals surface area contributed by atoms with Gasteiger partial charge in [0.25, 0.3) is 11.5 Å². The fraction of sp³-hybridized carbons (Fsp3) is 0.739. The molecule has 1 aromatic rings. The number of aromatic amines is 1. The number of ether oxygens (including phenoxy) is 1. The molecular weight excluding hydrogens is 396 g/mol. The van der Waals surface area contributed by atoms with E-state index in [1.54, 1.807) is 6.07 Å². The third kappa shape index (κ3) is 5.00. The van der Waals surface area contributed by atoms with Gasteiger partial charge in [-0.3, -0.25) is 14.4 Å². The molecule has 3 aliphatic heterocycles. The Bertz CT molecular complexity index is 853. The standard InChI is InChI=1S/C23H34N4O4/c1-15(2)22(29)26-10-7-16(8-11-26)21-24-18(13-20(28)25-21)17-5-3-9-27(14-17)23(30)19-6-4-12-31-19/h13,15-17,19H,3-12,14H2,1-2H3,(H,24,25,28)/t17-,19+/m0/s1. The van der Waals surface area contributed by atoms with Crippen LogP contribution in [-0.2, 0) is 14.3 Å². The minimum atomic E-state index is -0.305. The van der Waals surface area contributed by atoms with E-state index in [0.29, 0.717) is 26.2 Å². The summed E-state index contributed by atoms with van der Waals surface area (Å²) in [7, 11) is 0. The highest BCUT2D eigenvalue weighted by Crippen LogP contribution is 2.30. The van der Waals surface area contributed by atoms with Gasteiger partial charge < -0.3 is 19.5 Å². The van der Waals surface area contributed by atoms with E-state index in [1.807, 2.05) is 23.6 Å². The summed E-state index contributed by atoms with van der Waals surface area (Å²) < 4.78 is 5.58. The Morgan fingerprint density at radius 3 is 2.52 bits per heavy atom. The maximum atomic E-state index is 12.8. The van der Waals surface area contributed by atoms with E-state index < -0.39 is 0 Å². The first-order chi connectivity index (χ1) is 14.9. The van der Waals surface area contributed by atoms with Crippen LogP contribution in [0.25, 0.3) is 0 Å². The zero-order valence-electron chi connectivity index (χ0n) is 18.6. The Morgan fingerprint density at radius 2 is 1.84 bits per heavy atom. The Hall–Kier alpha value is -2.22. The fourth-order valence-electron chi connectivity index (χ4n) is 5.03. The molecule has 4 heterocycles. The van der Waals surface area contributed by atoms with E-state index >= 15 is 0 Å². The predicted octanol–water partition coefficient (Wildman–Crippen LogP) is 2.02. The van der Waals surface area contributed by atoms with Crippen LogP contribution in [0.1, 0.15) is 75.7 Å². The Kier molecular flexibility index (Phi) is 6.74. The molecule has 3 aliphatic rings. The lowest BCUT2D eigenvalue weighted by Crippen LogP contribution is -2.44. The minimum absolute atomic E-state index is 0.00407. The largest absolute Gasteiger partial charge is 0.368 e. The second kappa shape index (κ2) is 9.51. The number of carbonyl (C=O) groups is 2. The summed E-state index contributed by atoms with van der Waals surface area (Å²) in [6.45, 7) is 7.24. The summed E-state index contributed by atoms with van der Waals surface area (Å²) in [5, 5.41) is 0. The molecule has 0 bridgehead atoms. The van der Waals surface area contributed by atoms with Gasteiger partial charge in [0.1, 0.15) is 11.9 Å². The van der Waals surface area contributed by atoms with Crippen LogP contribution in [0.5, 0.6) is 0 Å². The predicted molar refractivity (Wildman–Crippen MR) is 116 cm³/mol. The first-order valence-electron chi connectivity index (χ1n) is 11.7. The van der Waals surface area contributed by atoms with Crippen molar-refractivity contribution >= 4 is 11.8 Å². The maximum absolute atomic E-state index is 12.8. The first kappa shape index (κ1) is 22.0. The number of piperidine rings is 2. The van der Waals surface area contributed by atoms with Crippen molar-refractivity contribution in [2.45, 2.75) is 70.3 Å². The Labute approximate surface area is 183 Å². The van der Waals surface area contributed by atoms with Crippen molar-refractivity contribution < 1.29 is 14.3 Å². The van der Waals surface area contributed by atoms with Gasteiger partial charge in [0, 0.05) is 56.6 Å². The first-order valence-corrected chi connectivity index (χ1v) is 11.7. The van der Waals surface area contributed by atoms with Gasteiger partial charge in [0.05, 0.1) is 5.69 Å². The summed E-state index contributed by atoms with van der Waals surface area (Å²) in [6, 6.07) is 1.59. The number of aromatic nitrogens is 2. The highest BCUT2D eigenvalue weighted by atomic mass is 16.5. The van der Waals surface area contributed by atoms with Crippen LogP contribution < -0.4 is 5.56 Å². The molecule has 0 aliphatic carbocycles. The number of rotatable bonds is 4. The van der Waals surface area contributed by atoms with Crippen molar-refractivity contribution in [3.05, 3.63) is 27.9 Å². The van der Waals surface area contributed by atoms with Gasteiger partial charge in [-0.15, -0.1) is 0 Å². The molecular formula is C23H34N4O4. The minimum Gasteiger partial charge on any atom is -0.368 e. The highest BCUT2D eigenvalue weighted by Gasteiger charge is 2.33. The molecule has 2 amide bonds. The number of hydrogen-bond donors (Lipinski definition) is 1. The van der Waals surface area contributed by atoms with Gasteiger partial charge in [-0.2, -0.15) is 0 Å². The van der Waals surface area contributed by atoms with Crippen LogP contribution in [-0.4, -0.2) is 70.5 Å². The van der Waals surface area contributed by atoms with E-state index in [-0.39, 0.29) is 41.2 Å². The number of nitrogens with one attached hydrogen (secondary N) is 1. The smallest absolute Gasteiger partial charge is 0.251 e. The molecule has 1 aromatic heterocycles. The second-order valence-electron chi connectivity index (χ2n) is 9.43. The molecule has 31 heavy (non-hydrogen) atoms. The van der Waals surface area contributed by atoms with Crippen LogP contribution in [0.2, 0.25) is 0 Å². The molecule has 8 nitrogen and oxygen atoms in total. The number of carbonyl (C=O) groups excluding carboxylic acids is 2. The number of hydrogen-bond acceptors (Lipinski definition) is 5. The average Bonchev–Trinajstić information content (AvgIpc) is 3.33. The molecule has 2 atom stereocenters. The van der Waals surface area contributed by atoms with Crippen molar-refractivity contribution in [2.75, 3.05) is 32.8 Å². The van der Waals surface area contributed by atoms with Crippen LogP contribution in [0.15, 0.2) is 10.9 Å². The number of H-pyrrole nitrogens is 1. The molecule has 3 fully saturated rings. The van der Waals surface area contributed by atoms with Crippen LogP contribution >= 0.6 is 0 Å². The zero-order chi connectivity index (χ0) is 22.0. The van der Waals surface area contributed by atoms with Gasteiger partial charge in [-0.25, -0.2) is 4.98 Å². The van der Waals surface area contributed by atoms with E-state index in [4.69, 9.17) is 9.72 Å². The Balaban J connectivity index is 1.43. The summed E-state index contributed by atoms with van der Waals surface area (Å²) in [6.07, 6.45) is 4.87. The SMILES string of the molecule is CC(C)C(=O)N1CCC(c2nc([C@H]3CCCN(C(=O)[C@H]4CCCO4)C3)cc(=O)[nH]2)CC1. The molecule has 170 valence electrons. The number of amides is 2. The molecule has 1 N–H and O–H groups in total. The van der Waals surface area contributed by atoms with Gasteiger partial charge in [-0.1, -0.05) is 13.8 Å². The highest BCUT2D eigenvalue weighted by molar-refractivity contribution is 5.81. The molecule has 0 spiro atoms. The van der Waals surface area contributed by atoms with Gasteiger partial charge in [-0.05, 0) is 38.5 Å². The fourth-order valence-corrected chi connectivity index (χ4v) is 5.03. The van der Waals surface area contributed by atoms with E-state index in [0.717, 1.165) is 56.6 Å². The summed E-state index contributed by atoms with van der Waals surface area (Å²) >= 11 is 0. The lowest BCUT2D eigenvalue weighted by molar-refractivity contribution is -0.142.